The molecule has 7 N–H and O–H groups in total. The Morgan fingerprint density at radius 3 is 2.47 bits per heavy atom. The number of carbonyl (C=O) groups excluding carboxylic acids is 3. The highest BCUT2D eigenvalue weighted by molar-refractivity contribution is 5.95. The number of aliphatic carboxylic acids is 1. The van der Waals surface area contributed by atoms with Crippen molar-refractivity contribution in [3.05, 3.63) is 65.9 Å². The zero-order valence-electron chi connectivity index (χ0n) is 19.5. The molecule has 0 bridgehead atoms. The average Bonchev–Trinajstić information content (AvgIpc) is 3.26. The molecule has 1 heterocycles. The van der Waals surface area contributed by atoms with E-state index >= 15 is 0 Å². The molecule has 2 aromatic carbocycles. The molecule has 1 aromatic heterocycles. The van der Waals surface area contributed by atoms with Gasteiger partial charge < -0.3 is 31.9 Å². The second-order valence-electron chi connectivity index (χ2n) is 8.07. The minimum absolute atomic E-state index is 0.139. The summed E-state index contributed by atoms with van der Waals surface area (Å²) in [4.78, 5) is 51.4. The lowest BCUT2D eigenvalue weighted by Crippen LogP contribution is -2.48. The van der Waals surface area contributed by atoms with E-state index in [9.17, 15) is 19.2 Å². The van der Waals surface area contributed by atoms with Gasteiger partial charge >= 0.3 is 5.97 Å². The van der Waals surface area contributed by atoms with Crippen molar-refractivity contribution in [2.45, 2.75) is 31.7 Å². The number of nitrogens with two attached hydrogens (primary N) is 1. The molecule has 0 aliphatic carbocycles. The van der Waals surface area contributed by atoms with Crippen molar-refractivity contribution in [3.63, 3.8) is 0 Å². The van der Waals surface area contributed by atoms with E-state index in [1.54, 1.807) is 24.3 Å². The first kappa shape index (κ1) is 25.9. The molecule has 0 aliphatic rings. The van der Waals surface area contributed by atoms with Gasteiger partial charge in [-0.15, -0.1) is 0 Å². The number of hydrazone groups is 1. The third kappa shape index (κ3) is 7.69. The predicted octanol–water partition coefficient (Wildman–Crippen LogP) is 1.50. The molecule has 1 atom stereocenters. The van der Waals surface area contributed by atoms with Crippen LogP contribution in [0.25, 0.3) is 10.9 Å². The monoisotopic (exact) mass is 492 g/mol. The molecule has 3 rings (SSSR count). The van der Waals surface area contributed by atoms with Gasteiger partial charge in [-0.2, -0.15) is 5.10 Å². The molecule has 36 heavy (non-hydrogen) atoms. The molecule has 0 aliphatic heterocycles. The predicted molar refractivity (Wildman–Crippen MR) is 135 cm³/mol. The van der Waals surface area contributed by atoms with Crippen LogP contribution in [-0.2, 0) is 25.6 Å². The lowest BCUT2D eigenvalue weighted by atomic mass is 10.1. The van der Waals surface area contributed by atoms with Crippen LogP contribution in [0.4, 0.5) is 5.69 Å². The molecule has 0 fully saturated rings. The summed E-state index contributed by atoms with van der Waals surface area (Å²) in [6, 6.07) is 13.3. The van der Waals surface area contributed by atoms with Gasteiger partial charge in [-0.05, 0) is 35.7 Å². The minimum atomic E-state index is -1.25. The molecular formula is C25H28N6O5. The van der Waals surface area contributed by atoms with E-state index in [1.165, 1.54) is 6.21 Å². The zero-order chi connectivity index (χ0) is 25.9. The van der Waals surface area contributed by atoms with Crippen LogP contribution in [-0.4, -0.2) is 52.6 Å². The van der Waals surface area contributed by atoms with Crippen LogP contribution in [0.5, 0.6) is 0 Å². The van der Waals surface area contributed by atoms with Crippen molar-refractivity contribution < 1.29 is 24.3 Å². The summed E-state index contributed by atoms with van der Waals surface area (Å²) in [5, 5.41) is 21.4. The first-order valence-electron chi connectivity index (χ1n) is 11.3. The summed E-state index contributed by atoms with van der Waals surface area (Å²) in [7, 11) is 0. The summed E-state index contributed by atoms with van der Waals surface area (Å²) >= 11 is 0. The largest absolute Gasteiger partial charge is 0.481 e. The van der Waals surface area contributed by atoms with Gasteiger partial charge in [-0.3, -0.25) is 19.2 Å². The fraction of sp³-hybridized carbons (Fsp3) is 0.240. The average molecular weight is 493 g/mol. The number of hydrogen-bond acceptors (Lipinski definition) is 6. The van der Waals surface area contributed by atoms with Gasteiger partial charge in [0.05, 0.1) is 12.6 Å². The number of amides is 3. The van der Waals surface area contributed by atoms with E-state index < -0.39 is 36.2 Å². The third-order valence-electron chi connectivity index (χ3n) is 5.40. The Bertz CT molecular complexity index is 1250. The van der Waals surface area contributed by atoms with Gasteiger partial charge in [0.25, 0.3) is 0 Å². The lowest BCUT2D eigenvalue weighted by Gasteiger charge is -2.17. The smallest absolute Gasteiger partial charge is 0.305 e. The molecule has 0 radical (unpaired) electrons. The normalized spacial score (nSPS) is 11.8. The Hall–Kier alpha value is -4.67. The Kier molecular flexibility index (Phi) is 9.15. The number of H-pyrrole nitrogens is 1. The van der Waals surface area contributed by atoms with Crippen molar-refractivity contribution in [1.29, 1.82) is 0 Å². The maximum Gasteiger partial charge on any atom is 0.305 e. The van der Waals surface area contributed by atoms with Gasteiger partial charge in [-0.1, -0.05) is 30.3 Å². The third-order valence-corrected chi connectivity index (χ3v) is 5.40. The van der Waals surface area contributed by atoms with Crippen molar-refractivity contribution >= 4 is 46.5 Å². The number of fused-ring (bicyclic) bond motifs is 1. The molecule has 1 unspecified atom stereocenters. The Morgan fingerprint density at radius 1 is 1.03 bits per heavy atom. The quantitative estimate of drug-likeness (QED) is 0.127. The standard InChI is InChI=1S/C25H28N6O5/c26-29-14-16-5-7-18(8-6-16)30-22(32)9-10-23(33)31-21(13-24(34)35)25(36)27-12-11-17-15-28-20-4-2-1-3-19(17)20/h1-8,14-15,21,28H,9-13,26H2,(H,27,36)(H,30,32)(H,31,33)(H,34,35). The Labute approximate surface area is 207 Å². The van der Waals surface area contributed by atoms with Crippen molar-refractivity contribution in [3.8, 4) is 0 Å². The van der Waals surface area contributed by atoms with Gasteiger partial charge in [0.15, 0.2) is 0 Å². The van der Waals surface area contributed by atoms with Crippen LogP contribution in [0.15, 0.2) is 59.8 Å². The molecule has 0 spiro atoms. The second-order valence-corrected chi connectivity index (χ2v) is 8.07. The fourth-order valence-electron chi connectivity index (χ4n) is 3.62. The molecule has 3 amide bonds. The topological polar surface area (TPSA) is 179 Å². The molecule has 11 nitrogen and oxygen atoms in total. The number of aromatic nitrogens is 1. The maximum atomic E-state index is 12.6. The van der Waals surface area contributed by atoms with Crippen LogP contribution >= 0.6 is 0 Å². The van der Waals surface area contributed by atoms with Crippen LogP contribution in [0, 0.1) is 0 Å². The number of benzene rings is 2. The first-order valence-corrected chi connectivity index (χ1v) is 11.3. The number of rotatable bonds is 12. The summed E-state index contributed by atoms with van der Waals surface area (Å²) in [5.74, 6) is 2.26. The zero-order valence-corrected chi connectivity index (χ0v) is 19.5. The van der Waals surface area contributed by atoms with Crippen molar-refractivity contribution in [1.82, 2.24) is 15.6 Å². The number of carbonyl (C=O) groups is 4. The van der Waals surface area contributed by atoms with Crippen molar-refractivity contribution in [2.24, 2.45) is 10.9 Å². The maximum absolute atomic E-state index is 12.6. The number of nitrogens with one attached hydrogen (secondary N) is 4. The number of aromatic amines is 1. The molecule has 0 saturated heterocycles. The van der Waals surface area contributed by atoms with Gasteiger partial charge in [0.1, 0.15) is 6.04 Å². The molecule has 3 aromatic rings. The summed E-state index contributed by atoms with van der Waals surface area (Å²) in [6.45, 7) is 0.269. The van der Waals surface area contributed by atoms with Crippen LogP contribution < -0.4 is 21.8 Å². The van der Waals surface area contributed by atoms with E-state index in [1.807, 2.05) is 30.5 Å². The van der Waals surface area contributed by atoms with Gasteiger partial charge in [0.2, 0.25) is 17.7 Å². The van der Waals surface area contributed by atoms with E-state index in [-0.39, 0.29) is 19.4 Å². The van der Waals surface area contributed by atoms with E-state index in [2.05, 4.69) is 26.0 Å². The SMILES string of the molecule is NN=Cc1ccc(NC(=O)CCC(=O)NC(CC(=O)O)C(=O)NCCc2c[nH]c3ccccc23)cc1. The number of hydrogen-bond donors (Lipinski definition) is 6. The number of anilines is 1. The Morgan fingerprint density at radius 2 is 1.75 bits per heavy atom. The molecule has 0 saturated carbocycles. The molecule has 188 valence electrons. The van der Waals surface area contributed by atoms with Crippen LogP contribution in [0.3, 0.4) is 0 Å². The molecular weight excluding hydrogens is 464 g/mol. The van der Waals surface area contributed by atoms with Gasteiger partial charge in [-0.25, -0.2) is 0 Å². The van der Waals surface area contributed by atoms with Crippen LogP contribution in [0.2, 0.25) is 0 Å². The van der Waals surface area contributed by atoms with E-state index in [4.69, 9.17) is 10.9 Å². The first-order chi connectivity index (χ1) is 17.4. The fourth-order valence-corrected chi connectivity index (χ4v) is 3.62. The number of nitrogens with zero attached hydrogens (tertiary/aromatic N) is 1. The number of para-hydroxylation sites is 1. The number of carboxylic acids is 1. The van der Waals surface area contributed by atoms with Crippen LogP contribution in [0.1, 0.15) is 30.4 Å². The second kappa shape index (κ2) is 12.7. The lowest BCUT2D eigenvalue weighted by molar-refractivity contribution is -0.140. The highest BCUT2D eigenvalue weighted by Crippen LogP contribution is 2.17. The summed E-state index contributed by atoms with van der Waals surface area (Å²) < 4.78 is 0. The summed E-state index contributed by atoms with van der Waals surface area (Å²) in [5.41, 5.74) is 3.29. The van der Waals surface area contributed by atoms with E-state index in [0.717, 1.165) is 22.0 Å². The Balaban J connectivity index is 1.46. The highest BCUT2D eigenvalue weighted by atomic mass is 16.4. The van der Waals surface area contributed by atoms with Crippen molar-refractivity contribution in [2.75, 3.05) is 11.9 Å². The minimum Gasteiger partial charge on any atom is -0.481 e. The molecule has 11 heteroatoms. The van der Waals surface area contributed by atoms with Gasteiger partial charge in [0, 0.05) is 42.2 Å². The highest BCUT2D eigenvalue weighted by Gasteiger charge is 2.23. The van der Waals surface area contributed by atoms with E-state index in [0.29, 0.717) is 12.1 Å². The summed E-state index contributed by atoms with van der Waals surface area (Å²) in [6.07, 6.45) is 2.93. The number of carboxylic acid groups (broad SMARTS) is 1.